The largest absolute Gasteiger partial charge is 0.497 e. The van der Waals surface area contributed by atoms with Crippen LogP contribution in [-0.2, 0) is 27.8 Å². The number of thiophene rings is 1. The molecule has 1 amide bonds. The van der Waals surface area contributed by atoms with Crippen molar-refractivity contribution in [2.75, 3.05) is 44.7 Å². The van der Waals surface area contributed by atoms with E-state index in [1.54, 1.807) is 17.5 Å². The van der Waals surface area contributed by atoms with Crippen molar-refractivity contribution in [2.45, 2.75) is 30.5 Å². The maximum Gasteiger partial charge on any atom is 0.252 e. The van der Waals surface area contributed by atoms with Gasteiger partial charge in [-0.25, -0.2) is 8.42 Å². The quantitative estimate of drug-likeness (QED) is 0.702. The topological polar surface area (TPSA) is 70.2 Å². The van der Waals surface area contributed by atoms with Gasteiger partial charge in [0.1, 0.15) is 9.96 Å². The lowest BCUT2D eigenvalue weighted by Crippen LogP contribution is -2.48. The minimum absolute atomic E-state index is 0.117. The van der Waals surface area contributed by atoms with Gasteiger partial charge in [0.2, 0.25) is 5.91 Å². The number of sulfonamides is 1. The summed E-state index contributed by atoms with van der Waals surface area (Å²) in [6, 6.07) is 9.61. The summed E-state index contributed by atoms with van der Waals surface area (Å²) >= 11 is 1.36. The normalized spacial score (nSPS) is 17.7. The number of benzene rings is 1. The molecule has 1 saturated heterocycles. The van der Waals surface area contributed by atoms with Crippen LogP contribution in [0, 0.1) is 0 Å². The molecule has 2 aliphatic heterocycles. The first kappa shape index (κ1) is 21.1. The monoisotopic (exact) mass is 449 g/mol. The van der Waals surface area contributed by atoms with E-state index in [9.17, 15) is 13.2 Å². The molecule has 9 heteroatoms. The average molecular weight is 450 g/mol. The van der Waals surface area contributed by atoms with Gasteiger partial charge in [0.25, 0.3) is 10.0 Å². The van der Waals surface area contributed by atoms with Crippen LogP contribution in [0.15, 0.2) is 34.5 Å². The zero-order chi connectivity index (χ0) is 21.3. The van der Waals surface area contributed by atoms with Crippen LogP contribution in [0.5, 0.6) is 5.75 Å². The number of rotatable bonds is 5. The Morgan fingerprint density at radius 3 is 2.43 bits per heavy atom. The molecule has 162 valence electrons. The van der Waals surface area contributed by atoms with Gasteiger partial charge in [-0.3, -0.25) is 4.79 Å². The van der Waals surface area contributed by atoms with Gasteiger partial charge < -0.3 is 14.5 Å². The Morgan fingerprint density at radius 1 is 1.10 bits per heavy atom. The number of amides is 1. The molecule has 1 fully saturated rings. The minimum atomic E-state index is -3.51. The number of methoxy groups -OCH3 is 1. The smallest absolute Gasteiger partial charge is 0.252 e. The molecule has 7 nitrogen and oxygen atoms in total. The number of fused-ring (bicyclic) bond motifs is 1. The minimum Gasteiger partial charge on any atom is -0.497 e. The number of hydrogen-bond donors (Lipinski definition) is 0. The fourth-order valence-corrected chi connectivity index (χ4v) is 7.10. The van der Waals surface area contributed by atoms with Crippen LogP contribution in [0.4, 0.5) is 5.69 Å². The summed E-state index contributed by atoms with van der Waals surface area (Å²) in [4.78, 5) is 17.1. The van der Waals surface area contributed by atoms with Crippen LogP contribution >= 0.6 is 11.3 Å². The number of nitrogens with zero attached hydrogens (tertiary/aromatic N) is 3. The second-order valence-corrected chi connectivity index (χ2v) is 10.8. The van der Waals surface area contributed by atoms with Crippen molar-refractivity contribution in [1.29, 1.82) is 0 Å². The lowest BCUT2D eigenvalue weighted by Gasteiger charge is -2.35. The summed E-state index contributed by atoms with van der Waals surface area (Å²) in [5.74, 6) is 0.923. The van der Waals surface area contributed by atoms with Crippen LogP contribution in [0.3, 0.4) is 0 Å². The Balaban J connectivity index is 1.44. The zero-order valence-corrected chi connectivity index (χ0v) is 19.0. The highest BCUT2D eigenvalue weighted by atomic mass is 32.2. The number of hydrogen-bond acceptors (Lipinski definition) is 6. The molecule has 2 aromatic rings. The maximum absolute atomic E-state index is 13.2. The van der Waals surface area contributed by atoms with E-state index in [2.05, 4.69) is 4.90 Å². The predicted octanol–water partition coefficient (Wildman–Crippen LogP) is 2.56. The fourth-order valence-electron chi connectivity index (χ4n) is 3.98. The van der Waals surface area contributed by atoms with Gasteiger partial charge in [-0.2, -0.15) is 4.31 Å². The summed E-state index contributed by atoms with van der Waals surface area (Å²) in [5, 5.41) is 0. The molecule has 0 saturated carbocycles. The molecule has 0 unspecified atom stereocenters. The van der Waals surface area contributed by atoms with Crippen LogP contribution in [0.25, 0.3) is 0 Å². The first-order chi connectivity index (χ1) is 14.4. The molecule has 0 atom stereocenters. The first-order valence-electron chi connectivity index (χ1n) is 10.2. The summed E-state index contributed by atoms with van der Waals surface area (Å²) in [6.45, 7) is 5.24. The number of piperazine rings is 1. The van der Waals surface area contributed by atoms with E-state index in [0.717, 1.165) is 28.3 Å². The van der Waals surface area contributed by atoms with Crippen LogP contribution < -0.4 is 9.64 Å². The summed E-state index contributed by atoms with van der Waals surface area (Å²) < 4.78 is 33.6. The second-order valence-electron chi connectivity index (χ2n) is 7.52. The van der Waals surface area contributed by atoms with Crippen molar-refractivity contribution < 1.29 is 17.9 Å². The molecule has 0 aliphatic carbocycles. The molecule has 0 spiro atoms. The first-order valence-corrected chi connectivity index (χ1v) is 12.5. The Hall–Kier alpha value is -2.10. The molecule has 30 heavy (non-hydrogen) atoms. The number of ether oxygens (including phenoxy) is 1. The van der Waals surface area contributed by atoms with Crippen molar-refractivity contribution in [1.82, 2.24) is 9.21 Å². The third-order valence-corrected chi connectivity index (χ3v) is 9.35. The van der Waals surface area contributed by atoms with Crippen molar-refractivity contribution >= 4 is 33.0 Å². The van der Waals surface area contributed by atoms with E-state index >= 15 is 0 Å². The van der Waals surface area contributed by atoms with Crippen molar-refractivity contribution in [3.63, 3.8) is 0 Å². The van der Waals surface area contributed by atoms with E-state index in [-0.39, 0.29) is 5.91 Å². The maximum atomic E-state index is 13.2. The standard InChI is InChI=1S/C21H27N3O4S2/c1-3-20(25)23-9-8-19-16(15-23)14-21(29-19)30(26,27)24-12-10-22(11-13-24)17-4-6-18(28-2)7-5-17/h4-7,14H,3,8-13,15H2,1-2H3. The number of carbonyl (C=O) groups is 1. The van der Waals surface area contributed by atoms with Gasteiger partial charge >= 0.3 is 0 Å². The van der Waals surface area contributed by atoms with Crippen LogP contribution in [0.1, 0.15) is 23.8 Å². The zero-order valence-electron chi connectivity index (χ0n) is 17.3. The summed E-state index contributed by atoms with van der Waals surface area (Å²) in [7, 11) is -1.87. The lowest BCUT2D eigenvalue weighted by atomic mass is 10.1. The Bertz CT molecular complexity index is 1010. The Morgan fingerprint density at radius 2 is 1.80 bits per heavy atom. The highest BCUT2D eigenvalue weighted by Gasteiger charge is 2.32. The summed E-state index contributed by atoms with van der Waals surface area (Å²) in [6.07, 6.45) is 1.20. The van der Waals surface area contributed by atoms with Crippen molar-refractivity contribution in [3.05, 3.63) is 40.8 Å². The highest BCUT2D eigenvalue weighted by Crippen LogP contribution is 2.33. The molecule has 3 heterocycles. The van der Waals surface area contributed by atoms with Crippen LogP contribution in [-0.4, -0.2) is 63.4 Å². The predicted molar refractivity (Wildman–Crippen MR) is 118 cm³/mol. The Kier molecular flexibility index (Phi) is 6.04. The lowest BCUT2D eigenvalue weighted by molar-refractivity contribution is -0.131. The molecule has 0 bridgehead atoms. The molecule has 1 aromatic heterocycles. The molecule has 2 aliphatic rings. The molecule has 0 radical (unpaired) electrons. The van der Waals surface area contributed by atoms with Gasteiger partial charge in [0.15, 0.2) is 0 Å². The fraction of sp³-hybridized carbons (Fsp3) is 0.476. The van der Waals surface area contributed by atoms with Gasteiger partial charge in [0.05, 0.1) is 7.11 Å². The second kappa shape index (κ2) is 8.56. The molecule has 0 N–H and O–H groups in total. The van der Waals surface area contributed by atoms with Gasteiger partial charge in [-0.05, 0) is 42.3 Å². The average Bonchev–Trinajstić information content (AvgIpc) is 3.23. The Labute approximate surface area is 181 Å². The molecular weight excluding hydrogens is 422 g/mol. The van der Waals surface area contributed by atoms with Gasteiger partial charge in [-0.15, -0.1) is 11.3 Å². The third-order valence-electron chi connectivity index (χ3n) is 5.77. The van der Waals surface area contributed by atoms with E-state index in [1.807, 2.05) is 36.1 Å². The SMILES string of the molecule is CCC(=O)N1CCc2sc(S(=O)(=O)N3CCN(c4ccc(OC)cc4)CC3)cc2C1. The van der Waals surface area contributed by atoms with Gasteiger partial charge in [0, 0.05) is 56.3 Å². The van der Waals surface area contributed by atoms with E-state index in [1.165, 1.54) is 11.3 Å². The molecule has 1 aromatic carbocycles. The van der Waals surface area contributed by atoms with Crippen molar-refractivity contribution in [3.8, 4) is 5.75 Å². The van der Waals surface area contributed by atoms with E-state index in [4.69, 9.17) is 4.74 Å². The highest BCUT2D eigenvalue weighted by molar-refractivity contribution is 7.91. The molecular formula is C21H27N3O4S2. The number of anilines is 1. The van der Waals surface area contributed by atoms with Crippen LogP contribution in [0.2, 0.25) is 0 Å². The third kappa shape index (κ3) is 4.06. The van der Waals surface area contributed by atoms with Gasteiger partial charge in [-0.1, -0.05) is 6.92 Å². The molecule has 4 rings (SSSR count). The summed E-state index contributed by atoms with van der Waals surface area (Å²) in [5.41, 5.74) is 2.05. The van der Waals surface area contributed by atoms with E-state index < -0.39 is 10.0 Å². The van der Waals surface area contributed by atoms with E-state index in [0.29, 0.717) is 49.9 Å². The van der Waals surface area contributed by atoms with Crippen molar-refractivity contribution in [2.24, 2.45) is 0 Å². The number of carbonyl (C=O) groups excluding carboxylic acids is 1.